The summed E-state index contributed by atoms with van der Waals surface area (Å²) >= 11 is 6.28. The van der Waals surface area contributed by atoms with Crippen LogP contribution >= 0.6 is 31.9 Å². The summed E-state index contributed by atoms with van der Waals surface area (Å²) in [5.74, 6) is -1.75. The molecule has 0 spiro atoms. The fourth-order valence-corrected chi connectivity index (χ4v) is 2.89. The van der Waals surface area contributed by atoms with E-state index in [-0.39, 0.29) is 10.9 Å². The molecule has 0 aromatic heterocycles. The second-order valence-electron chi connectivity index (χ2n) is 4.31. The van der Waals surface area contributed by atoms with Crippen molar-refractivity contribution in [2.24, 2.45) is 0 Å². The maximum absolute atomic E-state index is 13.7. The van der Waals surface area contributed by atoms with Crippen molar-refractivity contribution in [3.8, 4) is 5.75 Å². The molecule has 0 amide bonds. The van der Waals surface area contributed by atoms with Crippen molar-refractivity contribution in [1.82, 2.24) is 0 Å². The molecule has 2 aromatic carbocycles. The highest BCUT2D eigenvalue weighted by Crippen LogP contribution is 2.27. The summed E-state index contributed by atoms with van der Waals surface area (Å²) in [6, 6.07) is 7.18. The Morgan fingerprint density at radius 3 is 2.29 bits per heavy atom. The average molecular weight is 420 g/mol. The second kappa shape index (κ2) is 6.66. The van der Waals surface area contributed by atoms with Gasteiger partial charge in [0.05, 0.1) is 17.1 Å². The molecular formula is C15H10Br2F2O2. The Bertz CT molecular complexity index is 679. The van der Waals surface area contributed by atoms with Gasteiger partial charge in [0, 0.05) is 10.9 Å². The van der Waals surface area contributed by atoms with Gasteiger partial charge in [-0.1, -0.05) is 22.0 Å². The van der Waals surface area contributed by atoms with E-state index >= 15 is 0 Å². The molecule has 2 rings (SSSR count). The quantitative estimate of drug-likeness (QED) is 0.657. The number of methoxy groups -OCH3 is 1. The summed E-state index contributed by atoms with van der Waals surface area (Å²) in [6.45, 7) is 0. The van der Waals surface area contributed by atoms with Gasteiger partial charge in [-0.15, -0.1) is 0 Å². The molecule has 2 nitrogen and oxygen atoms in total. The highest BCUT2D eigenvalue weighted by atomic mass is 79.9. The van der Waals surface area contributed by atoms with Crippen molar-refractivity contribution in [3.63, 3.8) is 0 Å². The molecule has 0 unspecified atom stereocenters. The van der Waals surface area contributed by atoms with Crippen LogP contribution in [0, 0.1) is 11.6 Å². The molecule has 0 saturated carbocycles. The molecule has 0 radical (unpaired) electrons. The zero-order valence-electron chi connectivity index (χ0n) is 10.9. The van der Waals surface area contributed by atoms with Crippen molar-refractivity contribution in [2.75, 3.05) is 7.11 Å². The van der Waals surface area contributed by atoms with Crippen LogP contribution in [0.2, 0.25) is 0 Å². The first kappa shape index (κ1) is 16.1. The van der Waals surface area contributed by atoms with Gasteiger partial charge < -0.3 is 4.74 Å². The van der Waals surface area contributed by atoms with E-state index in [9.17, 15) is 13.6 Å². The van der Waals surface area contributed by atoms with Gasteiger partial charge in [0.25, 0.3) is 0 Å². The Balaban J connectivity index is 2.28. The third-order valence-electron chi connectivity index (χ3n) is 2.87. The number of hydrogen-bond donors (Lipinski definition) is 0. The van der Waals surface area contributed by atoms with Gasteiger partial charge in [0.15, 0.2) is 5.78 Å². The molecule has 0 aliphatic heterocycles. The molecule has 2 aromatic rings. The number of carbonyl (C=O) groups excluding carboxylic acids is 1. The van der Waals surface area contributed by atoms with Gasteiger partial charge >= 0.3 is 0 Å². The molecule has 0 aliphatic rings. The van der Waals surface area contributed by atoms with Crippen LogP contribution < -0.4 is 4.74 Å². The third-order valence-corrected chi connectivity index (χ3v) is 3.94. The summed E-state index contributed by atoms with van der Waals surface area (Å²) in [6.07, 6.45) is -0.0991. The van der Waals surface area contributed by atoms with E-state index in [0.717, 1.165) is 12.1 Å². The fraction of sp³-hybridized carbons (Fsp3) is 0.133. The predicted octanol–water partition coefficient (Wildman–Crippen LogP) is 4.92. The monoisotopic (exact) mass is 418 g/mol. The Morgan fingerprint density at radius 1 is 1.14 bits per heavy atom. The predicted molar refractivity (Wildman–Crippen MR) is 82.8 cm³/mol. The molecule has 0 aliphatic carbocycles. The summed E-state index contributed by atoms with van der Waals surface area (Å²) in [5, 5.41) is 0. The van der Waals surface area contributed by atoms with Gasteiger partial charge in [-0.3, -0.25) is 4.79 Å². The number of benzene rings is 2. The lowest BCUT2D eigenvalue weighted by atomic mass is 10.0. The minimum Gasteiger partial charge on any atom is -0.496 e. The number of halogens is 4. The third kappa shape index (κ3) is 3.68. The number of carbonyl (C=O) groups is 1. The number of ether oxygens (including phenoxy) is 1. The molecule has 110 valence electrons. The van der Waals surface area contributed by atoms with E-state index in [1.165, 1.54) is 7.11 Å². The molecule has 0 bridgehead atoms. The first-order chi connectivity index (χ1) is 9.92. The minimum atomic E-state index is -0.876. The van der Waals surface area contributed by atoms with Gasteiger partial charge in [-0.05, 0) is 45.8 Å². The number of hydrogen-bond acceptors (Lipinski definition) is 2. The van der Waals surface area contributed by atoms with E-state index in [1.54, 1.807) is 18.2 Å². The van der Waals surface area contributed by atoms with E-state index in [0.29, 0.717) is 15.8 Å². The highest BCUT2D eigenvalue weighted by molar-refractivity contribution is 9.10. The summed E-state index contributed by atoms with van der Waals surface area (Å²) in [7, 11) is 1.53. The van der Waals surface area contributed by atoms with Crippen LogP contribution in [-0.2, 0) is 6.42 Å². The minimum absolute atomic E-state index is 0.0991. The van der Waals surface area contributed by atoms with Crippen LogP contribution in [0.4, 0.5) is 8.78 Å². The molecule has 21 heavy (non-hydrogen) atoms. The Hall–Kier alpha value is -1.27. The van der Waals surface area contributed by atoms with Crippen molar-refractivity contribution >= 4 is 37.6 Å². The standard InChI is InChI=1S/C15H10Br2F2O2/c1-21-14-3-2-8(4-10(14)17)5-13(20)15-11(18)6-9(16)7-12(15)19/h2-4,6-7H,5H2,1H3. The van der Waals surface area contributed by atoms with E-state index in [1.807, 2.05) is 0 Å². The molecule has 0 saturated heterocycles. The second-order valence-corrected chi connectivity index (χ2v) is 6.08. The van der Waals surface area contributed by atoms with Crippen molar-refractivity contribution < 1.29 is 18.3 Å². The van der Waals surface area contributed by atoms with E-state index < -0.39 is 23.0 Å². The van der Waals surface area contributed by atoms with Crippen molar-refractivity contribution in [1.29, 1.82) is 0 Å². The molecule has 0 atom stereocenters. The summed E-state index contributed by atoms with van der Waals surface area (Å²) < 4.78 is 33.5. The van der Waals surface area contributed by atoms with Crippen LogP contribution in [0.25, 0.3) is 0 Å². The number of ketones is 1. The van der Waals surface area contributed by atoms with Crippen LogP contribution in [0.3, 0.4) is 0 Å². The lowest BCUT2D eigenvalue weighted by Crippen LogP contribution is -2.09. The van der Waals surface area contributed by atoms with Crippen molar-refractivity contribution in [2.45, 2.75) is 6.42 Å². The topological polar surface area (TPSA) is 26.3 Å². The fourth-order valence-electron chi connectivity index (χ4n) is 1.90. The van der Waals surface area contributed by atoms with Gasteiger partial charge in [0.1, 0.15) is 17.4 Å². The Morgan fingerprint density at radius 2 is 1.76 bits per heavy atom. The summed E-state index contributed by atoms with van der Waals surface area (Å²) in [5.41, 5.74) is 0.111. The number of rotatable bonds is 4. The lowest BCUT2D eigenvalue weighted by molar-refractivity contribution is 0.0985. The first-order valence-corrected chi connectivity index (χ1v) is 7.51. The van der Waals surface area contributed by atoms with Gasteiger partial charge in [-0.25, -0.2) is 8.78 Å². The zero-order chi connectivity index (χ0) is 15.6. The first-order valence-electron chi connectivity index (χ1n) is 5.92. The molecular weight excluding hydrogens is 410 g/mol. The smallest absolute Gasteiger partial charge is 0.173 e. The van der Waals surface area contributed by atoms with Crippen LogP contribution in [-0.4, -0.2) is 12.9 Å². The van der Waals surface area contributed by atoms with E-state index in [2.05, 4.69) is 31.9 Å². The van der Waals surface area contributed by atoms with Crippen LogP contribution in [0.5, 0.6) is 5.75 Å². The zero-order valence-corrected chi connectivity index (χ0v) is 14.1. The maximum atomic E-state index is 13.7. The average Bonchev–Trinajstić information content (AvgIpc) is 2.37. The normalized spacial score (nSPS) is 10.5. The molecule has 0 heterocycles. The maximum Gasteiger partial charge on any atom is 0.173 e. The largest absolute Gasteiger partial charge is 0.496 e. The highest BCUT2D eigenvalue weighted by Gasteiger charge is 2.19. The Labute approximate surface area is 137 Å². The van der Waals surface area contributed by atoms with Gasteiger partial charge in [0.2, 0.25) is 0 Å². The van der Waals surface area contributed by atoms with Crippen LogP contribution in [0.1, 0.15) is 15.9 Å². The van der Waals surface area contributed by atoms with E-state index in [4.69, 9.17) is 4.74 Å². The van der Waals surface area contributed by atoms with Gasteiger partial charge in [-0.2, -0.15) is 0 Å². The van der Waals surface area contributed by atoms with Crippen LogP contribution in [0.15, 0.2) is 39.3 Å². The lowest BCUT2D eigenvalue weighted by Gasteiger charge is -2.07. The molecule has 0 fully saturated rings. The van der Waals surface area contributed by atoms with Crippen molar-refractivity contribution in [3.05, 3.63) is 62.0 Å². The summed E-state index contributed by atoms with van der Waals surface area (Å²) in [4.78, 5) is 12.1. The SMILES string of the molecule is COc1ccc(CC(=O)c2c(F)cc(Br)cc2F)cc1Br. The molecule has 0 N–H and O–H groups in total. The molecule has 6 heteroatoms. The number of Topliss-reactive ketones (excluding diaryl/α,β-unsaturated/α-hetero) is 1. The Kier molecular flexibility index (Phi) is 5.11.